The van der Waals surface area contributed by atoms with E-state index in [2.05, 4.69) is 65.6 Å². The SMILES string of the molecule is CC(C)(C)C(=O)/C=C(\O)C(C)(C)C.[Ir].[c-]1ccccc1Oc1nccc2cc(-c3ccccc3)c3ccccc3c12. The molecule has 0 spiro atoms. The van der Waals surface area contributed by atoms with Gasteiger partial charge in [-0.15, -0.1) is 12.1 Å². The van der Waals surface area contributed by atoms with E-state index in [1.807, 2.05) is 77.9 Å². The van der Waals surface area contributed by atoms with E-state index < -0.39 is 5.41 Å². The number of hydrogen-bond acceptors (Lipinski definition) is 4. The molecule has 0 aliphatic rings. The molecule has 1 radical (unpaired) electrons. The maximum Gasteiger partial charge on any atom is 0.225 e. The summed E-state index contributed by atoms with van der Waals surface area (Å²) in [4.78, 5) is 16.0. The van der Waals surface area contributed by atoms with Crippen LogP contribution in [0.4, 0.5) is 0 Å². The first-order valence-electron chi connectivity index (χ1n) is 13.4. The molecule has 1 heterocycles. The Kier molecular flexibility index (Phi) is 10.3. The molecule has 0 fully saturated rings. The molecule has 0 aliphatic heterocycles. The molecule has 0 saturated carbocycles. The number of nitrogens with zero attached hydrogens (tertiary/aromatic N) is 1. The number of rotatable bonds is 4. The third-order valence-electron chi connectivity index (χ3n) is 6.48. The number of fused-ring (bicyclic) bond motifs is 3. The molecule has 0 saturated heterocycles. The quantitative estimate of drug-likeness (QED) is 0.0869. The fourth-order valence-corrected chi connectivity index (χ4v) is 4.05. The van der Waals surface area contributed by atoms with Gasteiger partial charge in [0.1, 0.15) is 5.76 Å². The second-order valence-corrected chi connectivity index (χ2v) is 11.8. The van der Waals surface area contributed by atoms with E-state index in [9.17, 15) is 9.90 Å². The van der Waals surface area contributed by atoms with Crippen molar-refractivity contribution in [2.75, 3.05) is 0 Å². The van der Waals surface area contributed by atoms with Gasteiger partial charge in [0, 0.05) is 49.0 Å². The van der Waals surface area contributed by atoms with E-state index in [0.29, 0.717) is 11.6 Å². The molecule has 41 heavy (non-hydrogen) atoms. The van der Waals surface area contributed by atoms with Crippen LogP contribution in [0.25, 0.3) is 32.7 Å². The molecule has 0 bridgehead atoms. The standard InChI is InChI=1S/C25H16NO.C11H20O2.Ir/c1-3-9-18(10-4-1)23-17-19-15-16-26-25(27-20-11-5-2-6-12-20)24(19)22-14-8-7-13-21(22)23;1-10(2,3)8(12)7-9(13)11(4,5)6;/h1-11,13-17H;7,12H,1-6H3;/q-1;;/b;8-7-;. The Balaban J connectivity index is 0.000000284. The van der Waals surface area contributed by atoms with Crippen LogP contribution in [0.3, 0.4) is 0 Å². The summed E-state index contributed by atoms with van der Waals surface area (Å²) in [5.41, 5.74) is 1.65. The zero-order chi connectivity index (χ0) is 28.9. The molecular formula is C36H36IrNO3-. The maximum absolute atomic E-state index is 11.5. The van der Waals surface area contributed by atoms with Crippen LogP contribution < -0.4 is 4.74 Å². The molecule has 5 aromatic rings. The maximum atomic E-state index is 11.5. The molecule has 0 aliphatic carbocycles. The van der Waals surface area contributed by atoms with Crippen LogP contribution in [0.5, 0.6) is 11.6 Å². The molecule has 5 rings (SSSR count). The number of ether oxygens (including phenoxy) is 1. The first-order valence-corrected chi connectivity index (χ1v) is 13.4. The van der Waals surface area contributed by atoms with E-state index >= 15 is 0 Å². The Morgan fingerprint density at radius 2 is 1.46 bits per heavy atom. The second kappa shape index (κ2) is 13.2. The minimum Gasteiger partial charge on any atom is -0.512 e. The predicted molar refractivity (Wildman–Crippen MR) is 165 cm³/mol. The summed E-state index contributed by atoms with van der Waals surface area (Å²) in [7, 11) is 0. The average Bonchev–Trinajstić information content (AvgIpc) is 2.93. The molecule has 213 valence electrons. The Morgan fingerprint density at radius 3 is 2.07 bits per heavy atom. The van der Waals surface area contributed by atoms with Gasteiger partial charge in [0.2, 0.25) is 5.88 Å². The molecular weight excluding hydrogens is 687 g/mol. The molecule has 0 atom stereocenters. The Bertz CT molecular complexity index is 1650. The number of aliphatic hydroxyl groups excluding tert-OH is 1. The van der Waals surface area contributed by atoms with Crippen molar-refractivity contribution in [3.05, 3.63) is 115 Å². The zero-order valence-electron chi connectivity index (χ0n) is 24.4. The summed E-state index contributed by atoms with van der Waals surface area (Å²) in [6.45, 7) is 11.1. The van der Waals surface area contributed by atoms with Gasteiger partial charge in [-0.1, -0.05) is 96.1 Å². The van der Waals surface area contributed by atoms with Crippen molar-refractivity contribution in [3.63, 3.8) is 0 Å². The van der Waals surface area contributed by atoms with Crippen LogP contribution in [0.1, 0.15) is 41.5 Å². The van der Waals surface area contributed by atoms with Crippen LogP contribution in [0.2, 0.25) is 0 Å². The minimum atomic E-state index is -0.417. The summed E-state index contributed by atoms with van der Waals surface area (Å²) in [5, 5.41) is 14.0. The first-order chi connectivity index (χ1) is 18.9. The topological polar surface area (TPSA) is 59.4 Å². The number of para-hydroxylation sites is 1. The van der Waals surface area contributed by atoms with Crippen molar-refractivity contribution in [1.82, 2.24) is 4.98 Å². The van der Waals surface area contributed by atoms with Gasteiger partial charge in [0.25, 0.3) is 0 Å². The number of allylic oxidation sites excluding steroid dienone is 2. The van der Waals surface area contributed by atoms with Crippen LogP contribution in [-0.4, -0.2) is 15.9 Å². The largest absolute Gasteiger partial charge is 0.512 e. The van der Waals surface area contributed by atoms with Crippen molar-refractivity contribution >= 4 is 27.3 Å². The first kappa shape index (κ1) is 31.7. The molecule has 0 unspecified atom stereocenters. The van der Waals surface area contributed by atoms with Gasteiger partial charge in [-0.25, -0.2) is 4.98 Å². The number of carbonyl (C=O) groups is 1. The van der Waals surface area contributed by atoms with Gasteiger partial charge in [0.15, 0.2) is 5.78 Å². The fourth-order valence-electron chi connectivity index (χ4n) is 4.05. The third kappa shape index (κ3) is 7.91. The predicted octanol–water partition coefficient (Wildman–Crippen LogP) is 9.73. The van der Waals surface area contributed by atoms with Gasteiger partial charge in [-0.05, 0) is 39.4 Å². The summed E-state index contributed by atoms with van der Waals surface area (Å²) >= 11 is 0. The number of hydrogen-bond donors (Lipinski definition) is 1. The average molecular weight is 723 g/mol. The van der Waals surface area contributed by atoms with Crippen LogP contribution in [0.15, 0.2) is 109 Å². The summed E-state index contributed by atoms with van der Waals surface area (Å²) in [5.74, 6) is 1.37. The van der Waals surface area contributed by atoms with E-state index in [4.69, 9.17) is 4.74 Å². The van der Waals surface area contributed by atoms with E-state index in [1.165, 1.54) is 22.6 Å². The van der Waals surface area contributed by atoms with E-state index in [0.717, 1.165) is 16.2 Å². The number of pyridine rings is 1. The number of ketones is 1. The van der Waals surface area contributed by atoms with Gasteiger partial charge < -0.3 is 9.84 Å². The van der Waals surface area contributed by atoms with Gasteiger partial charge in [0.05, 0.1) is 5.39 Å². The normalized spacial score (nSPS) is 11.8. The Labute approximate surface area is 256 Å². The Morgan fingerprint density at radius 1 is 0.829 bits per heavy atom. The third-order valence-corrected chi connectivity index (χ3v) is 6.48. The molecule has 0 amide bonds. The molecule has 4 aromatic carbocycles. The van der Waals surface area contributed by atoms with E-state index in [1.54, 1.807) is 6.20 Å². The van der Waals surface area contributed by atoms with Crippen LogP contribution in [-0.2, 0) is 24.9 Å². The van der Waals surface area contributed by atoms with Crippen molar-refractivity contribution in [1.29, 1.82) is 0 Å². The number of carbonyl (C=O) groups excluding carboxylic acids is 1. The van der Waals surface area contributed by atoms with Crippen LogP contribution in [0, 0.1) is 16.9 Å². The monoisotopic (exact) mass is 723 g/mol. The number of aromatic nitrogens is 1. The van der Waals surface area contributed by atoms with Gasteiger partial charge in [-0.3, -0.25) is 4.79 Å². The van der Waals surface area contributed by atoms with Crippen molar-refractivity contribution in [2.45, 2.75) is 41.5 Å². The Hall–Kier alpha value is -3.79. The smallest absolute Gasteiger partial charge is 0.225 e. The van der Waals surface area contributed by atoms with Gasteiger partial charge in [-0.2, -0.15) is 18.2 Å². The van der Waals surface area contributed by atoms with Crippen molar-refractivity contribution < 1.29 is 34.7 Å². The molecule has 4 nitrogen and oxygen atoms in total. The summed E-state index contributed by atoms with van der Waals surface area (Å²) < 4.78 is 6.08. The molecule has 1 N–H and O–H groups in total. The summed E-state index contributed by atoms with van der Waals surface area (Å²) in [6, 6.07) is 33.8. The second-order valence-electron chi connectivity index (χ2n) is 11.8. The van der Waals surface area contributed by atoms with Gasteiger partial charge >= 0.3 is 0 Å². The zero-order valence-corrected chi connectivity index (χ0v) is 26.8. The van der Waals surface area contributed by atoms with Crippen molar-refractivity contribution in [3.8, 4) is 22.8 Å². The molecule has 1 aromatic heterocycles. The summed E-state index contributed by atoms with van der Waals surface area (Å²) in [6.07, 6.45) is 3.13. The van der Waals surface area contributed by atoms with Crippen molar-refractivity contribution in [2.24, 2.45) is 10.8 Å². The van der Waals surface area contributed by atoms with Crippen LogP contribution >= 0.6 is 0 Å². The minimum absolute atomic E-state index is 0. The number of aliphatic hydroxyl groups is 1. The number of benzene rings is 4. The molecule has 5 heteroatoms. The van der Waals surface area contributed by atoms with E-state index in [-0.39, 0.29) is 37.1 Å². The fraction of sp³-hybridized carbons (Fsp3) is 0.222.